The molecule has 8 nitrogen and oxygen atoms in total. The first kappa shape index (κ1) is 14.9. The molecule has 1 aliphatic heterocycles. The van der Waals surface area contributed by atoms with Crippen LogP contribution in [-0.2, 0) is 6.42 Å². The second kappa shape index (κ2) is 5.67. The van der Waals surface area contributed by atoms with Crippen LogP contribution in [0.4, 0.5) is 10.8 Å². The molecule has 0 aliphatic carbocycles. The smallest absolute Gasteiger partial charge is 0.535 e. The van der Waals surface area contributed by atoms with Gasteiger partial charge in [0.05, 0.1) is 5.15 Å². The number of nitrogen functional groups attached to an aromatic ring is 2. The predicted molar refractivity (Wildman–Crippen MR) is 84.1 cm³/mol. The van der Waals surface area contributed by atoms with Gasteiger partial charge in [-0.1, -0.05) is 29.2 Å². The lowest BCUT2D eigenvalue weighted by Crippen LogP contribution is -2.40. The third-order valence-corrected chi connectivity index (χ3v) is 5.21. The first-order valence-electron chi connectivity index (χ1n) is 6.20. The van der Waals surface area contributed by atoms with Gasteiger partial charge in [-0.2, -0.15) is 0 Å². The quantitative estimate of drug-likeness (QED) is 0.465. The highest BCUT2D eigenvalue weighted by atomic mass is 32.2. The summed E-state index contributed by atoms with van der Waals surface area (Å²) < 4.78 is 6.01. The van der Waals surface area contributed by atoms with Gasteiger partial charge in [-0.25, -0.2) is 4.79 Å². The normalized spacial score (nSPS) is 17.0. The average molecular weight is 338 g/mol. The molecule has 1 atom stereocenters. The lowest BCUT2D eigenvalue weighted by molar-refractivity contribution is 0.0695. The Morgan fingerprint density at radius 3 is 2.86 bits per heavy atom. The van der Waals surface area contributed by atoms with Crippen LogP contribution in [0, 0.1) is 0 Å². The SMILES string of the molecule is Nc1nnc(SC2Cc3ccc(N)c(C(=O)O)c3OB2O)s1. The van der Waals surface area contributed by atoms with E-state index in [1.807, 2.05) is 0 Å². The zero-order valence-electron chi connectivity index (χ0n) is 11.1. The molecule has 2 heterocycles. The predicted octanol–water partition coefficient (Wildman–Crippen LogP) is 0.516. The number of nitrogens with zero attached hydrogens (tertiary/aromatic N) is 2. The Bertz CT molecular complexity index is 741. The van der Waals surface area contributed by atoms with Crippen LogP contribution in [0.2, 0.25) is 0 Å². The second-order valence-electron chi connectivity index (χ2n) is 4.60. The molecular weight excluding hydrogens is 327 g/mol. The molecule has 2 aromatic rings. The number of thioether (sulfide) groups is 1. The highest BCUT2D eigenvalue weighted by Crippen LogP contribution is 2.39. The number of carboxylic acids is 1. The standard InChI is InChI=1S/C11H11BN4O4S2/c13-5-2-1-4-3-6(21-11-16-15-10(14)22-11)12(19)20-8(4)7(5)9(17)18/h1-2,6,19H,3,13H2,(H2,14,15)(H,17,18). The maximum atomic E-state index is 11.3. The fourth-order valence-corrected chi connectivity index (χ4v) is 4.11. The van der Waals surface area contributed by atoms with Gasteiger partial charge < -0.3 is 26.3 Å². The molecule has 1 unspecified atom stereocenters. The number of nitrogens with two attached hydrogens (primary N) is 2. The average Bonchev–Trinajstić information content (AvgIpc) is 2.85. The third-order valence-electron chi connectivity index (χ3n) is 3.14. The summed E-state index contributed by atoms with van der Waals surface area (Å²) in [5.74, 6) is -1.07. The molecule has 6 N–H and O–H groups in total. The first-order chi connectivity index (χ1) is 10.5. The Kier molecular flexibility index (Phi) is 3.85. The number of aromatic nitrogens is 2. The molecule has 0 saturated heterocycles. The summed E-state index contributed by atoms with van der Waals surface area (Å²) in [6.07, 6.45) is 0.418. The Labute approximate surface area is 133 Å². The molecule has 114 valence electrons. The van der Waals surface area contributed by atoms with Gasteiger partial charge in [0.1, 0.15) is 11.3 Å². The van der Waals surface area contributed by atoms with Crippen molar-refractivity contribution in [2.45, 2.75) is 15.9 Å². The van der Waals surface area contributed by atoms with Crippen LogP contribution in [-0.4, -0.2) is 38.6 Å². The molecule has 11 heteroatoms. The number of anilines is 2. The van der Waals surface area contributed by atoms with E-state index >= 15 is 0 Å². The molecule has 0 fully saturated rings. The van der Waals surface area contributed by atoms with E-state index in [-0.39, 0.29) is 22.1 Å². The van der Waals surface area contributed by atoms with E-state index in [2.05, 4.69) is 10.2 Å². The number of aromatic carboxylic acids is 1. The summed E-state index contributed by atoms with van der Waals surface area (Å²) >= 11 is 2.50. The fraction of sp³-hybridized carbons (Fsp3) is 0.182. The molecule has 1 aliphatic rings. The van der Waals surface area contributed by atoms with Crippen molar-refractivity contribution >= 4 is 47.0 Å². The first-order valence-corrected chi connectivity index (χ1v) is 7.90. The van der Waals surface area contributed by atoms with Crippen LogP contribution in [0.1, 0.15) is 15.9 Å². The summed E-state index contributed by atoms with van der Waals surface area (Å²) in [6, 6.07) is 3.22. The van der Waals surface area contributed by atoms with Crippen molar-refractivity contribution in [3.63, 3.8) is 0 Å². The second-order valence-corrected chi connectivity index (χ2v) is 7.09. The zero-order chi connectivity index (χ0) is 15.9. The van der Waals surface area contributed by atoms with E-state index in [0.29, 0.717) is 21.5 Å². The number of hydrogen-bond acceptors (Lipinski definition) is 9. The van der Waals surface area contributed by atoms with E-state index in [4.69, 9.17) is 16.1 Å². The number of fused-ring (bicyclic) bond motifs is 1. The summed E-state index contributed by atoms with van der Waals surface area (Å²) in [6.45, 7) is 0. The van der Waals surface area contributed by atoms with E-state index in [1.165, 1.54) is 29.2 Å². The molecule has 0 saturated carbocycles. The number of rotatable bonds is 3. The Morgan fingerprint density at radius 2 is 2.23 bits per heavy atom. The van der Waals surface area contributed by atoms with Crippen molar-refractivity contribution in [3.05, 3.63) is 23.3 Å². The van der Waals surface area contributed by atoms with Gasteiger partial charge >= 0.3 is 13.1 Å². The maximum Gasteiger partial charge on any atom is 0.537 e. The Hall–Kier alpha value is -1.98. The molecule has 0 bridgehead atoms. The Morgan fingerprint density at radius 1 is 1.45 bits per heavy atom. The van der Waals surface area contributed by atoms with E-state index < -0.39 is 13.1 Å². The third kappa shape index (κ3) is 2.70. The number of benzene rings is 1. The molecular formula is C11H11BN4O4S2. The summed E-state index contributed by atoms with van der Waals surface area (Å²) in [5.41, 5.74) is 11.8. The zero-order valence-corrected chi connectivity index (χ0v) is 12.7. The van der Waals surface area contributed by atoms with Crippen molar-refractivity contribution in [2.24, 2.45) is 0 Å². The van der Waals surface area contributed by atoms with Crippen LogP contribution in [0.3, 0.4) is 0 Å². The minimum atomic E-state index is -1.19. The van der Waals surface area contributed by atoms with Crippen molar-refractivity contribution in [1.29, 1.82) is 0 Å². The van der Waals surface area contributed by atoms with Gasteiger partial charge in [0.25, 0.3) is 0 Å². The summed E-state index contributed by atoms with van der Waals surface area (Å²) in [5, 5.41) is 27.0. The highest BCUT2D eigenvalue weighted by Gasteiger charge is 2.38. The van der Waals surface area contributed by atoms with Crippen LogP contribution < -0.4 is 16.1 Å². The molecule has 0 amide bonds. The molecule has 1 aromatic heterocycles. The van der Waals surface area contributed by atoms with Crippen LogP contribution in [0.5, 0.6) is 5.75 Å². The van der Waals surface area contributed by atoms with Gasteiger partial charge in [-0.15, -0.1) is 10.2 Å². The number of carbonyl (C=O) groups is 1. The van der Waals surface area contributed by atoms with Gasteiger partial charge in [0, 0.05) is 5.69 Å². The minimum absolute atomic E-state index is 0.0986. The topological polar surface area (TPSA) is 145 Å². The molecule has 22 heavy (non-hydrogen) atoms. The monoisotopic (exact) mass is 338 g/mol. The van der Waals surface area contributed by atoms with Gasteiger partial charge in [-0.3, -0.25) is 0 Å². The Balaban J connectivity index is 1.89. The van der Waals surface area contributed by atoms with Gasteiger partial charge in [0.15, 0.2) is 4.34 Å². The van der Waals surface area contributed by atoms with Crippen LogP contribution >= 0.6 is 23.1 Å². The van der Waals surface area contributed by atoms with Crippen molar-refractivity contribution in [2.75, 3.05) is 11.5 Å². The maximum absolute atomic E-state index is 11.3. The van der Waals surface area contributed by atoms with Gasteiger partial charge in [-0.05, 0) is 18.1 Å². The van der Waals surface area contributed by atoms with E-state index in [9.17, 15) is 14.9 Å². The van der Waals surface area contributed by atoms with Crippen molar-refractivity contribution < 1.29 is 19.6 Å². The lowest BCUT2D eigenvalue weighted by atomic mass is 9.77. The summed E-state index contributed by atoms with van der Waals surface area (Å²) in [7, 11) is -1.18. The van der Waals surface area contributed by atoms with Crippen molar-refractivity contribution in [1.82, 2.24) is 10.2 Å². The molecule has 0 radical (unpaired) electrons. The lowest BCUT2D eigenvalue weighted by Gasteiger charge is -2.27. The number of hydrogen-bond donors (Lipinski definition) is 4. The summed E-state index contributed by atoms with van der Waals surface area (Å²) in [4.78, 5) is 11.3. The van der Waals surface area contributed by atoms with Crippen LogP contribution in [0.15, 0.2) is 16.5 Å². The molecule has 3 rings (SSSR count). The van der Waals surface area contributed by atoms with Gasteiger partial charge in [0.2, 0.25) is 5.13 Å². The largest absolute Gasteiger partial charge is 0.537 e. The molecule has 0 spiro atoms. The molecule has 1 aromatic carbocycles. The minimum Gasteiger partial charge on any atom is -0.535 e. The number of carboxylic acid groups (broad SMARTS) is 1. The fourth-order valence-electron chi connectivity index (χ4n) is 2.17. The van der Waals surface area contributed by atoms with E-state index in [0.717, 1.165) is 0 Å². The highest BCUT2D eigenvalue weighted by molar-refractivity contribution is 8.02. The van der Waals surface area contributed by atoms with E-state index in [1.54, 1.807) is 6.07 Å². The van der Waals surface area contributed by atoms with Crippen LogP contribution in [0.25, 0.3) is 0 Å². The van der Waals surface area contributed by atoms with Crippen molar-refractivity contribution in [3.8, 4) is 5.75 Å².